The molecular weight excluding hydrogens is 350 g/mol. The van der Waals surface area contributed by atoms with Crippen molar-refractivity contribution in [3.8, 4) is 17.2 Å². The van der Waals surface area contributed by atoms with Gasteiger partial charge in [-0.05, 0) is 6.42 Å². The van der Waals surface area contributed by atoms with Gasteiger partial charge in [0, 0.05) is 49.7 Å². The molecule has 0 aliphatic carbocycles. The number of ether oxygens (including phenoxy) is 3. The van der Waals surface area contributed by atoms with Crippen molar-refractivity contribution in [1.82, 2.24) is 14.9 Å². The lowest BCUT2D eigenvalue weighted by Crippen LogP contribution is -2.30. The number of aliphatic hydroxyl groups is 1. The number of benzene rings is 1. The van der Waals surface area contributed by atoms with E-state index < -0.39 is 6.10 Å². The number of carbonyl (C=O) groups is 1. The largest absolute Gasteiger partial charge is 0.496 e. The average molecular weight is 373 g/mol. The van der Waals surface area contributed by atoms with Crippen LogP contribution in [0.3, 0.4) is 0 Å². The van der Waals surface area contributed by atoms with Crippen molar-refractivity contribution in [2.24, 2.45) is 5.92 Å². The molecule has 1 aromatic heterocycles. The second-order valence-corrected chi connectivity index (χ2v) is 6.35. The van der Waals surface area contributed by atoms with E-state index in [0.717, 1.165) is 5.69 Å². The first-order chi connectivity index (χ1) is 13.1. The molecule has 2 aromatic rings. The van der Waals surface area contributed by atoms with Gasteiger partial charge in [0.1, 0.15) is 5.75 Å². The topological polar surface area (TPSA) is 94.0 Å². The molecule has 2 heterocycles. The highest BCUT2D eigenvalue weighted by Crippen LogP contribution is 2.36. The summed E-state index contributed by atoms with van der Waals surface area (Å²) in [6, 6.07) is 3.22. The number of methoxy groups -OCH3 is 3. The number of likely N-dealkylation sites (tertiary alicyclic amines) is 1. The minimum Gasteiger partial charge on any atom is -0.496 e. The van der Waals surface area contributed by atoms with Gasteiger partial charge in [-0.15, -0.1) is 0 Å². The van der Waals surface area contributed by atoms with E-state index in [2.05, 4.69) is 9.97 Å². The molecule has 1 aromatic carbocycles. The maximum Gasteiger partial charge on any atom is 0.257 e. The Morgan fingerprint density at radius 2 is 1.81 bits per heavy atom. The van der Waals surface area contributed by atoms with Crippen molar-refractivity contribution < 1.29 is 24.1 Å². The van der Waals surface area contributed by atoms with E-state index in [0.29, 0.717) is 35.8 Å². The summed E-state index contributed by atoms with van der Waals surface area (Å²) in [7, 11) is 4.52. The van der Waals surface area contributed by atoms with Gasteiger partial charge >= 0.3 is 0 Å². The van der Waals surface area contributed by atoms with E-state index in [1.165, 1.54) is 21.3 Å². The minimum atomic E-state index is -0.623. The smallest absolute Gasteiger partial charge is 0.257 e. The van der Waals surface area contributed by atoms with Crippen molar-refractivity contribution in [2.75, 3.05) is 34.4 Å². The molecule has 0 saturated carbocycles. The lowest BCUT2D eigenvalue weighted by atomic mass is 10.0. The molecule has 1 aliphatic rings. The standard InChI is InChI=1S/C19H23N3O5/c1-25-16-8-18(27-3)17(26-2)7-14(16)19(24)22-10-12(15(23)11-22)6-13-9-20-4-5-21-13/h4-5,7-9,12,15,23H,6,10-11H2,1-3H3/t12-,15-/m1/s1. The number of carbonyl (C=O) groups excluding carboxylic acids is 1. The summed E-state index contributed by atoms with van der Waals surface area (Å²) in [6.45, 7) is 0.676. The molecule has 2 atom stereocenters. The summed E-state index contributed by atoms with van der Waals surface area (Å²) < 4.78 is 15.9. The highest BCUT2D eigenvalue weighted by atomic mass is 16.5. The molecule has 1 amide bonds. The fourth-order valence-electron chi connectivity index (χ4n) is 3.29. The summed E-state index contributed by atoms with van der Waals surface area (Å²) >= 11 is 0. The van der Waals surface area contributed by atoms with Crippen molar-refractivity contribution in [2.45, 2.75) is 12.5 Å². The van der Waals surface area contributed by atoms with Crippen LogP contribution in [0.2, 0.25) is 0 Å². The van der Waals surface area contributed by atoms with Gasteiger partial charge in [0.25, 0.3) is 5.91 Å². The number of β-amino-alcohol motifs (C(OH)–C–C–N with tert-alkyl or cyclic N) is 1. The van der Waals surface area contributed by atoms with Gasteiger partial charge in [0.15, 0.2) is 11.5 Å². The lowest BCUT2D eigenvalue weighted by Gasteiger charge is -2.19. The van der Waals surface area contributed by atoms with Crippen LogP contribution in [0.25, 0.3) is 0 Å². The van der Waals surface area contributed by atoms with Gasteiger partial charge in [-0.2, -0.15) is 0 Å². The predicted molar refractivity (Wildman–Crippen MR) is 97.2 cm³/mol. The maximum absolute atomic E-state index is 13.0. The Bertz CT molecular complexity index is 799. The van der Waals surface area contributed by atoms with Crippen molar-refractivity contribution in [3.05, 3.63) is 42.0 Å². The van der Waals surface area contributed by atoms with Crippen LogP contribution in [0.5, 0.6) is 17.2 Å². The van der Waals surface area contributed by atoms with Gasteiger partial charge in [0.2, 0.25) is 0 Å². The number of aliphatic hydroxyl groups excluding tert-OH is 1. The Morgan fingerprint density at radius 1 is 1.11 bits per heavy atom. The number of rotatable bonds is 6. The zero-order valence-electron chi connectivity index (χ0n) is 15.6. The Balaban J connectivity index is 1.80. The second-order valence-electron chi connectivity index (χ2n) is 6.35. The molecule has 3 rings (SSSR count). The minimum absolute atomic E-state index is 0.100. The molecular formula is C19H23N3O5. The zero-order chi connectivity index (χ0) is 19.4. The first-order valence-electron chi connectivity index (χ1n) is 8.59. The van der Waals surface area contributed by atoms with Crippen LogP contribution in [0.1, 0.15) is 16.1 Å². The van der Waals surface area contributed by atoms with E-state index in [1.54, 1.807) is 35.6 Å². The van der Waals surface area contributed by atoms with Crippen molar-refractivity contribution in [1.29, 1.82) is 0 Å². The normalized spacial score (nSPS) is 19.0. The lowest BCUT2D eigenvalue weighted by molar-refractivity contribution is 0.0761. The van der Waals surface area contributed by atoms with Crippen LogP contribution >= 0.6 is 0 Å². The van der Waals surface area contributed by atoms with E-state index in [9.17, 15) is 9.90 Å². The zero-order valence-corrected chi connectivity index (χ0v) is 15.6. The van der Waals surface area contributed by atoms with Crippen LogP contribution < -0.4 is 14.2 Å². The van der Waals surface area contributed by atoms with Crippen LogP contribution in [-0.4, -0.2) is 66.4 Å². The Labute approximate surface area is 157 Å². The van der Waals surface area contributed by atoms with E-state index in [1.807, 2.05) is 0 Å². The monoisotopic (exact) mass is 373 g/mol. The number of nitrogens with zero attached hydrogens (tertiary/aromatic N) is 3. The third-order valence-electron chi connectivity index (χ3n) is 4.72. The van der Waals surface area contributed by atoms with Crippen LogP contribution in [0, 0.1) is 5.92 Å². The van der Waals surface area contributed by atoms with Crippen LogP contribution in [0.4, 0.5) is 0 Å². The van der Waals surface area contributed by atoms with Gasteiger partial charge in [-0.1, -0.05) is 0 Å². The van der Waals surface area contributed by atoms with E-state index in [4.69, 9.17) is 14.2 Å². The highest BCUT2D eigenvalue weighted by Gasteiger charge is 2.35. The molecule has 0 unspecified atom stereocenters. The molecule has 144 valence electrons. The molecule has 0 bridgehead atoms. The van der Waals surface area contributed by atoms with E-state index in [-0.39, 0.29) is 18.4 Å². The molecule has 1 saturated heterocycles. The van der Waals surface area contributed by atoms with Crippen molar-refractivity contribution >= 4 is 5.91 Å². The SMILES string of the molecule is COc1cc(OC)c(C(=O)N2C[C@@H](Cc3cnccn3)[C@H](O)C2)cc1OC. The molecule has 0 spiro atoms. The van der Waals surface area contributed by atoms with Crippen LogP contribution in [0.15, 0.2) is 30.7 Å². The first-order valence-corrected chi connectivity index (χ1v) is 8.59. The molecule has 8 heteroatoms. The summed E-state index contributed by atoms with van der Waals surface area (Å²) in [6.07, 6.45) is 4.83. The molecule has 1 N–H and O–H groups in total. The quantitative estimate of drug-likeness (QED) is 0.812. The number of aromatic nitrogens is 2. The summed E-state index contributed by atoms with van der Waals surface area (Å²) in [5.74, 6) is 0.986. The van der Waals surface area contributed by atoms with Crippen LogP contribution in [-0.2, 0) is 6.42 Å². The summed E-state index contributed by atoms with van der Waals surface area (Å²) in [4.78, 5) is 23.0. The molecule has 1 fully saturated rings. The number of hydrogen-bond acceptors (Lipinski definition) is 7. The summed E-state index contributed by atoms with van der Waals surface area (Å²) in [5.41, 5.74) is 1.15. The number of hydrogen-bond donors (Lipinski definition) is 1. The summed E-state index contributed by atoms with van der Waals surface area (Å²) in [5, 5.41) is 10.4. The molecule has 27 heavy (non-hydrogen) atoms. The average Bonchev–Trinajstić information content (AvgIpc) is 3.07. The number of amides is 1. The molecule has 0 radical (unpaired) electrons. The fraction of sp³-hybridized carbons (Fsp3) is 0.421. The third-order valence-corrected chi connectivity index (χ3v) is 4.72. The first kappa shape index (κ1) is 18.9. The fourth-order valence-corrected chi connectivity index (χ4v) is 3.29. The van der Waals surface area contributed by atoms with E-state index >= 15 is 0 Å². The molecule has 1 aliphatic heterocycles. The Hall–Kier alpha value is -2.87. The van der Waals surface area contributed by atoms with Gasteiger partial charge in [0.05, 0.1) is 38.7 Å². The van der Waals surface area contributed by atoms with Gasteiger partial charge in [-0.25, -0.2) is 0 Å². The maximum atomic E-state index is 13.0. The third kappa shape index (κ3) is 3.95. The second kappa shape index (κ2) is 8.22. The highest BCUT2D eigenvalue weighted by molar-refractivity contribution is 5.98. The Morgan fingerprint density at radius 3 is 2.44 bits per heavy atom. The van der Waals surface area contributed by atoms with Crippen molar-refractivity contribution in [3.63, 3.8) is 0 Å². The predicted octanol–water partition coefficient (Wildman–Crippen LogP) is 1.18. The van der Waals surface area contributed by atoms with Gasteiger partial charge in [-0.3, -0.25) is 14.8 Å². The van der Waals surface area contributed by atoms with Gasteiger partial charge < -0.3 is 24.2 Å². The molecule has 8 nitrogen and oxygen atoms in total. The Kier molecular flexibility index (Phi) is 5.75.